The molecule has 4 heterocycles. The predicted octanol–water partition coefficient (Wildman–Crippen LogP) is 8.81. The third-order valence-electron chi connectivity index (χ3n) is 11.5. The maximum atomic E-state index is 13.9. The number of para-hydroxylation sites is 1. The number of likely N-dealkylation sites (tertiary alicyclic amines) is 2. The molecule has 15 heteroatoms. The number of H-pyrrole nitrogens is 2. The molecular weight excluding hydrogens is 738 g/mol. The van der Waals surface area contributed by atoms with Crippen LogP contribution in [0.4, 0.5) is 28.4 Å². The molecule has 12 nitrogen and oxygen atoms in total. The first kappa shape index (κ1) is 36.3. The van der Waals surface area contributed by atoms with E-state index in [2.05, 4.69) is 15.4 Å². The van der Waals surface area contributed by atoms with Gasteiger partial charge in [0.05, 0.1) is 46.9 Å². The van der Waals surface area contributed by atoms with Crippen molar-refractivity contribution < 1.29 is 32.3 Å². The highest BCUT2D eigenvalue weighted by molar-refractivity contribution is 5.95. The second kappa shape index (κ2) is 14.0. The molecule has 0 unspecified atom stereocenters. The van der Waals surface area contributed by atoms with Gasteiger partial charge in [-0.05, 0) is 97.2 Å². The van der Waals surface area contributed by atoms with E-state index in [-0.39, 0.29) is 25.4 Å². The first-order valence-corrected chi connectivity index (χ1v) is 19.0. The molecule has 3 aliphatic rings. The number of ether oxygens (including phenoxy) is 1. The van der Waals surface area contributed by atoms with Crippen LogP contribution in [0.25, 0.3) is 44.3 Å². The number of carbonyl (C=O) groups excluding carboxylic acids is 3. The number of aromatic nitrogens is 4. The van der Waals surface area contributed by atoms with Gasteiger partial charge in [0.1, 0.15) is 17.1 Å². The lowest BCUT2D eigenvalue weighted by Gasteiger charge is -2.30. The lowest BCUT2D eigenvalue weighted by molar-refractivity contribution is -0.199. The number of nitrogens with one attached hydrogen (secondary N) is 3. The fraction of sp³-hybridized carbons (Fsp3) is 0.310. The fourth-order valence-corrected chi connectivity index (χ4v) is 8.25. The molecule has 6 aromatic rings. The zero-order valence-electron chi connectivity index (χ0n) is 31.0. The van der Waals surface area contributed by atoms with Gasteiger partial charge >= 0.3 is 18.3 Å². The molecular formula is C42H39F3N8O4. The van der Waals surface area contributed by atoms with Gasteiger partial charge in [-0.1, -0.05) is 54.6 Å². The Morgan fingerprint density at radius 3 is 1.77 bits per heavy atom. The lowest BCUT2D eigenvalue weighted by Crippen LogP contribution is -2.52. The van der Waals surface area contributed by atoms with Crippen LogP contribution >= 0.6 is 0 Å². The number of alkyl halides is 3. The second-order valence-corrected chi connectivity index (χ2v) is 14.9. The molecule has 2 atom stereocenters. The molecule has 3 fully saturated rings. The quantitative estimate of drug-likeness (QED) is 0.145. The van der Waals surface area contributed by atoms with E-state index in [1.165, 1.54) is 17.0 Å². The van der Waals surface area contributed by atoms with Crippen molar-refractivity contribution in [2.45, 2.75) is 56.8 Å². The highest BCUT2D eigenvalue weighted by atomic mass is 19.4. The number of nitrogens with zero attached hydrogens (tertiary/aromatic N) is 5. The minimum absolute atomic E-state index is 0.156. The van der Waals surface area contributed by atoms with Crippen LogP contribution in [0.15, 0.2) is 91.0 Å². The number of urea groups is 1. The van der Waals surface area contributed by atoms with Gasteiger partial charge in [0.15, 0.2) is 0 Å². The van der Waals surface area contributed by atoms with Gasteiger partial charge < -0.3 is 24.5 Å². The summed E-state index contributed by atoms with van der Waals surface area (Å²) >= 11 is 0. The maximum absolute atomic E-state index is 13.9. The number of amides is 4. The van der Waals surface area contributed by atoms with Crippen molar-refractivity contribution in [3.05, 3.63) is 103 Å². The van der Waals surface area contributed by atoms with Gasteiger partial charge in [-0.3, -0.25) is 4.79 Å². The van der Waals surface area contributed by atoms with E-state index in [1.54, 1.807) is 29.2 Å². The van der Waals surface area contributed by atoms with Crippen LogP contribution in [0.1, 0.15) is 62.3 Å². The van der Waals surface area contributed by atoms with Gasteiger partial charge in [-0.25, -0.2) is 25.0 Å². The summed E-state index contributed by atoms with van der Waals surface area (Å²) < 4.78 is 46.1. The number of methoxy groups -OCH3 is 1. The third-order valence-corrected chi connectivity index (χ3v) is 11.5. The number of rotatable bonds is 6. The zero-order chi connectivity index (χ0) is 39.5. The van der Waals surface area contributed by atoms with Gasteiger partial charge in [-0.15, -0.1) is 0 Å². The molecule has 2 aliphatic heterocycles. The molecule has 292 valence electrons. The average Bonchev–Trinajstić information content (AvgIpc) is 3.63. The van der Waals surface area contributed by atoms with Gasteiger partial charge in [-0.2, -0.15) is 18.2 Å². The summed E-state index contributed by atoms with van der Waals surface area (Å²) in [4.78, 5) is 58.6. The Bertz CT molecular complexity index is 2500. The van der Waals surface area contributed by atoms with Crippen molar-refractivity contribution in [3.8, 4) is 22.3 Å². The summed E-state index contributed by atoms with van der Waals surface area (Å²) in [5.41, 5.74) is 7.69. The number of benzene rings is 4. The standard InChI is InChI=1S/C42H39F3N8O4/c1-57-39(55)50-53(29-7-3-2-4-8-29)40(56)52-22-6-10-35(52)37-47-31-18-16-28(24-33(31)49-37)26-13-11-25(12-14-26)27-15-17-30-32(23-27)48-36(46-30)34-9-5-21-51(34)38(54)41(19-20-41)42(43,44)45/h2-4,7-8,11-18,23-24,34-35H,5-6,9-10,19-22H2,1H3,(H,46,48)(H,47,49)(H,50,55)/t34-,35-/m0/s1. The number of carbonyl (C=O) groups is 3. The van der Waals surface area contributed by atoms with Crippen molar-refractivity contribution in [1.82, 2.24) is 35.2 Å². The summed E-state index contributed by atoms with van der Waals surface area (Å²) in [6.45, 7) is 0.779. The van der Waals surface area contributed by atoms with Gasteiger partial charge in [0.2, 0.25) is 5.91 Å². The molecule has 0 bridgehead atoms. The van der Waals surface area contributed by atoms with E-state index >= 15 is 0 Å². The largest absolute Gasteiger partial charge is 0.452 e. The number of hydrogen-bond donors (Lipinski definition) is 3. The third kappa shape index (κ3) is 6.50. The zero-order valence-corrected chi connectivity index (χ0v) is 31.0. The smallest absolute Gasteiger partial charge is 0.426 e. The Balaban J connectivity index is 0.917. The molecule has 57 heavy (non-hydrogen) atoms. The number of hydrogen-bond acceptors (Lipinski definition) is 6. The maximum Gasteiger partial charge on any atom is 0.426 e. The van der Waals surface area contributed by atoms with Crippen molar-refractivity contribution in [2.24, 2.45) is 5.41 Å². The fourth-order valence-electron chi connectivity index (χ4n) is 8.25. The van der Waals surface area contributed by atoms with E-state index in [4.69, 9.17) is 14.7 Å². The van der Waals surface area contributed by atoms with E-state index < -0.39 is 35.7 Å². The molecule has 4 aromatic carbocycles. The van der Waals surface area contributed by atoms with Crippen LogP contribution in [-0.4, -0.2) is 74.1 Å². The summed E-state index contributed by atoms with van der Waals surface area (Å²) in [7, 11) is 1.24. The van der Waals surface area contributed by atoms with Crippen LogP contribution < -0.4 is 10.4 Å². The second-order valence-electron chi connectivity index (χ2n) is 14.9. The van der Waals surface area contributed by atoms with E-state index in [9.17, 15) is 27.6 Å². The Labute approximate surface area is 325 Å². The van der Waals surface area contributed by atoms with E-state index in [1.807, 2.05) is 66.7 Å². The molecule has 0 spiro atoms. The van der Waals surface area contributed by atoms with Crippen molar-refractivity contribution in [1.29, 1.82) is 0 Å². The molecule has 4 amide bonds. The number of imidazole rings is 2. The van der Waals surface area contributed by atoms with Crippen LogP contribution in [-0.2, 0) is 9.53 Å². The summed E-state index contributed by atoms with van der Waals surface area (Å²) in [6.07, 6.45) is -2.97. The van der Waals surface area contributed by atoms with Crippen molar-refractivity contribution in [2.75, 3.05) is 25.2 Å². The van der Waals surface area contributed by atoms with Gasteiger partial charge in [0, 0.05) is 13.1 Å². The molecule has 1 saturated carbocycles. The Hall–Kier alpha value is -6.38. The van der Waals surface area contributed by atoms with Crippen LogP contribution in [0.5, 0.6) is 0 Å². The minimum atomic E-state index is -4.55. The van der Waals surface area contributed by atoms with Crippen LogP contribution in [0.3, 0.4) is 0 Å². The molecule has 2 aromatic heterocycles. The first-order valence-electron chi connectivity index (χ1n) is 19.0. The highest BCUT2D eigenvalue weighted by Crippen LogP contribution is 2.59. The average molecular weight is 777 g/mol. The van der Waals surface area contributed by atoms with Crippen molar-refractivity contribution in [3.63, 3.8) is 0 Å². The monoisotopic (exact) mass is 776 g/mol. The molecule has 3 N–H and O–H groups in total. The Kier molecular flexibility index (Phi) is 8.89. The number of fused-ring (bicyclic) bond motifs is 2. The highest BCUT2D eigenvalue weighted by Gasteiger charge is 2.70. The normalized spacial score (nSPS) is 18.9. The lowest BCUT2D eigenvalue weighted by atomic mass is 10.00. The number of halogens is 3. The first-order chi connectivity index (χ1) is 27.5. The molecule has 2 saturated heterocycles. The van der Waals surface area contributed by atoms with Crippen molar-refractivity contribution >= 4 is 45.8 Å². The Morgan fingerprint density at radius 2 is 1.26 bits per heavy atom. The topological polar surface area (TPSA) is 140 Å². The van der Waals surface area contributed by atoms with E-state index in [0.717, 1.165) is 45.2 Å². The van der Waals surface area contributed by atoms with Crippen LogP contribution in [0.2, 0.25) is 0 Å². The van der Waals surface area contributed by atoms with E-state index in [0.29, 0.717) is 48.7 Å². The summed E-state index contributed by atoms with van der Waals surface area (Å²) in [5.74, 6) is 0.336. The number of hydrazine groups is 1. The summed E-state index contributed by atoms with van der Waals surface area (Å²) in [5, 5.41) is 1.19. The minimum Gasteiger partial charge on any atom is -0.452 e. The van der Waals surface area contributed by atoms with Crippen LogP contribution in [0, 0.1) is 5.41 Å². The predicted molar refractivity (Wildman–Crippen MR) is 207 cm³/mol. The summed E-state index contributed by atoms with van der Waals surface area (Å²) in [6, 6.07) is 27.6. The molecule has 1 aliphatic carbocycles. The number of aromatic amines is 2. The number of anilines is 1. The molecule has 9 rings (SSSR count). The molecule has 0 radical (unpaired) electrons. The SMILES string of the molecule is COC(=O)NN(C(=O)N1CCC[C@H]1c1nc2ccc(-c3ccc(-c4ccc5nc([C@@H]6CCCN6C(=O)C6(C(F)(F)F)CC6)[nH]c5c4)cc3)cc2[nH]1)c1ccccc1. The Morgan fingerprint density at radius 1 is 0.754 bits per heavy atom. The van der Waals surface area contributed by atoms with Gasteiger partial charge in [0.25, 0.3) is 0 Å².